The molecule has 3 aromatic rings. The molecule has 2 fully saturated rings. The van der Waals surface area contributed by atoms with Gasteiger partial charge in [0.25, 0.3) is 0 Å². The number of urea groups is 1. The number of anilines is 1. The number of hydrogen-bond donors (Lipinski definition) is 2. The van der Waals surface area contributed by atoms with Crippen molar-refractivity contribution < 1.29 is 19.1 Å². The van der Waals surface area contributed by atoms with Gasteiger partial charge in [-0.1, -0.05) is 41.7 Å². The second kappa shape index (κ2) is 7.69. The Balaban J connectivity index is 1.36. The molecule has 0 atom stereocenters. The fourth-order valence-corrected chi connectivity index (χ4v) is 4.96. The van der Waals surface area contributed by atoms with E-state index in [0.29, 0.717) is 49.0 Å². The van der Waals surface area contributed by atoms with E-state index in [-0.39, 0.29) is 12.1 Å². The molecule has 4 heterocycles. The number of ether oxygens (including phenoxy) is 2. The zero-order valence-corrected chi connectivity index (χ0v) is 17.7. The van der Waals surface area contributed by atoms with Crippen LogP contribution < -0.4 is 15.4 Å². The number of alkyl carbamates (subject to hydrolysis) is 1. The highest BCUT2D eigenvalue weighted by atomic mass is 32.1. The molecule has 9 nitrogen and oxygen atoms in total. The van der Waals surface area contributed by atoms with Crippen LogP contribution in [-0.4, -0.2) is 59.3 Å². The van der Waals surface area contributed by atoms with E-state index in [2.05, 4.69) is 20.6 Å². The summed E-state index contributed by atoms with van der Waals surface area (Å²) in [6.45, 7) is 1.51. The predicted molar refractivity (Wildman–Crippen MR) is 116 cm³/mol. The number of nitrogens with one attached hydrogen (secondary N) is 2. The molecule has 2 aliphatic heterocycles. The molecule has 10 heteroatoms. The number of hydrogen-bond acceptors (Lipinski definition) is 7. The number of fused-ring (bicyclic) bond motifs is 1. The number of methoxy groups -OCH3 is 1. The van der Waals surface area contributed by atoms with Crippen LogP contribution in [0.25, 0.3) is 21.3 Å². The third-order valence-electron chi connectivity index (χ3n) is 5.70. The first-order chi connectivity index (χ1) is 15.1. The molecule has 1 spiro atoms. The van der Waals surface area contributed by atoms with Crippen LogP contribution in [-0.2, 0) is 4.74 Å². The molecule has 3 amide bonds. The summed E-state index contributed by atoms with van der Waals surface area (Å²) in [7, 11) is 1.55. The van der Waals surface area contributed by atoms with Gasteiger partial charge in [0.1, 0.15) is 11.1 Å². The number of aromatic nitrogens is 2. The highest BCUT2D eigenvalue weighted by molar-refractivity contribution is 7.23. The van der Waals surface area contributed by atoms with Crippen LogP contribution in [0.15, 0.2) is 36.5 Å². The van der Waals surface area contributed by atoms with Crippen molar-refractivity contribution in [2.45, 2.75) is 18.4 Å². The number of benzene rings is 1. The Bertz CT molecular complexity index is 1140. The molecule has 0 bridgehead atoms. The summed E-state index contributed by atoms with van der Waals surface area (Å²) in [5.74, 6) is 0.418. The van der Waals surface area contributed by atoms with Crippen molar-refractivity contribution in [1.82, 2.24) is 20.2 Å². The normalized spacial score (nSPS) is 17.5. The number of pyridine rings is 1. The van der Waals surface area contributed by atoms with Gasteiger partial charge in [-0.25, -0.2) is 19.6 Å². The summed E-state index contributed by atoms with van der Waals surface area (Å²) in [6.07, 6.45) is 2.59. The number of likely N-dealkylation sites (tertiary alicyclic amines) is 1. The lowest BCUT2D eigenvalue weighted by Gasteiger charge is -2.36. The fraction of sp³-hybridized carbons (Fsp3) is 0.333. The summed E-state index contributed by atoms with van der Waals surface area (Å²) in [4.78, 5) is 34.9. The molecule has 160 valence electrons. The van der Waals surface area contributed by atoms with Crippen molar-refractivity contribution >= 4 is 38.8 Å². The van der Waals surface area contributed by atoms with E-state index in [1.54, 1.807) is 18.2 Å². The molecule has 31 heavy (non-hydrogen) atoms. The van der Waals surface area contributed by atoms with Gasteiger partial charge in [-0.2, -0.15) is 0 Å². The molecule has 2 aromatic heterocycles. The van der Waals surface area contributed by atoms with Gasteiger partial charge >= 0.3 is 12.1 Å². The van der Waals surface area contributed by atoms with Gasteiger partial charge in [0.2, 0.25) is 5.88 Å². The maximum Gasteiger partial charge on any atom is 0.407 e. The molecule has 1 aromatic carbocycles. The number of rotatable bonds is 3. The van der Waals surface area contributed by atoms with Crippen LogP contribution in [0, 0.1) is 0 Å². The molecule has 0 radical (unpaired) electrons. The fourth-order valence-electron chi connectivity index (χ4n) is 3.99. The Morgan fingerprint density at radius 3 is 2.74 bits per heavy atom. The average molecular weight is 439 g/mol. The summed E-state index contributed by atoms with van der Waals surface area (Å²) in [5.41, 5.74) is 2.08. The summed E-state index contributed by atoms with van der Waals surface area (Å²) in [5, 5.41) is 6.09. The van der Waals surface area contributed by atoms with Gasteiger partial charge in [-0.05, 0) is 5.56 Å². The minimum absolute atomic E-state index is 0.223. The first-order valence-corrected chi connectivity index (χ1v) is 10.8. The van der Waals surface area contributed by atoms with Crippen molar-refractivity contribution in [3.05, 3.63) is 36.5 Å². The first kappa shape index (κ1) is 19.6. The van der Waals surface area contributed by atoms with Crippen molar-refractivity contribution in [3.8, 4) is 17.0 Å². The van der Waals surface area contributed by atoms with E-state index in [9.17, 15) is 9.59 Å². The van der Waals surface area contributed by atoms with E-state index in [4.69, 9.17) is 9.47 Å². The molecule has 2 aliphatic rings. The summed E-state index contributed by atoms with van der Waals surface area (Å²) < 4.78 is 11.7. The van der Waals surface area contributed by atoms with Gasteiger partial charge < -0.3 is 19.7 Å². The highest BCUT2D eigenvalue weighted by Crippen LogP contribution is 2.38. The predicted octanol–water partition coefficient (Wildman–Crippen LogP) is 3.47. The molecule has 5 rings (SSSR count). The SMILES string of the molecule is COc1ncc(-c2ccccc2)c2sc(NC(=O)N3CCC4(CC3)CNC(=O)O4)nc12. The lowest BCUT2D eigenvalue weighted by Crippen LogP contribution is -2.49. The van der Waals surface area contributed by atoms with Crippen molar-refractivity contribution in [2.24, 2.45) is 0 Å². The van der Waals surface area contributed by atoms with Crippen LogP contribution >= 0.6 is 11.3 Å². The van der Waals surface area contributed by atoms with Crippen LogP contribution in [0.3, 0.4) is 0 Å². The number of piperidine rings is 1. The Hall–Kier alpha value is -3.40. The molecule has 0 aliphatic carbocycles. The van der Waals surface area contributed by atoms with Crippen LogP contribution in [0.1, 0.15) is 12.8 Å². The number of carbonyl (C=O) groups is 2. The molecule has 2 N–H and O–H groups in total. The van der Waals surface area contributed by atoms with E-state index in [1.807, 2.05) is 30.3 Å². The second-order valence-corrected chi connectivity index (χ2v) is 8.59. The standard InChI is InChI=1S/C21H21N5O4S/c1-29-17-15-16(14(11-22-17)13-5-3-2-4-6-13)31-18(24-15)25-19(27)26-9-7-21(8-10-26)12-23-20(28)30-21/h2-6,11H,7-10,12H2,1H3,(H,23,28)(H,24,25,27). The third-order valence-corrected chi connectivity index (χ3v) is 6.71. The largest absolute Gasteiger partial charge is 0.479 e. The maximum atomic E-state index is 12.8. The van der Waals surface area contributed by atoms with Crippen molar-refractivity contribution in [3.63, 3.8) is 0 Å². The molecule has 0 unspecified atom stereocenters. The highest BCUT2D eigenvalue weighted by Gasteiger charge is 2.43. The molecular weight excluding hydrogens is 418 g/mol. The van der Waals surface area contributed by atoms with Crippen LogP contribution in [0.2, 0.25) is 0 Å². The van der Waals surface area contributed by atoms with E-state index in [1.165, 1.54) is 11.3 Å². The second-order valence-electron chi connectivity index (χ2n) is 7.59. The van der Waals surface area contributed by atoms with E-state index in [0.717, 1.165) is 15.8 Å². The number of carbonyl (C=O) groups excluding carboxylic acids is 2. The minimum atomic E-state index is -0.493. The quantitative estimate of drug-likeness (QED) is 0.647. The summed E-state index contributed by atoms with van der Waals surface area (Å²) in [6, 6.07) is 9.69. The van der Waals surface area contributed by atoms with E-state index >= 15 is 0 Å². The van der Waals surface area contributed by atoms with Crippen molar-refractivity contribution in [1.29, 1.82) is 0 Å². The molecule has 2 saturated heterocycles. The smallest absolute Gasteiger partial charge is 0.407 e. The molecular formula is C21H21N5O4S. The Morgan fingerprint density at radius 1 is 1.29 bits per heavy atom. The maximum absolute atomic E-state index is 12.8. The lowest BCUT2D eigenvalue weighted by atomic mass is 9.92. The van der Waals surface area contributed by atoms with Crippen LogP contribution in [0.5, 0.6) is 5.88 Å². The lowest BCUT2D eigenvalue weighted by molar-refractivity contribution is 0.0110. The zero-order chi connectivity index (χ0) is 21.4. The van der Waals surface area contributed by atoms with Crippen LogP contribution in [0.4, 0.5) is 14.7 Å². The topological polar surface area (TPSA) is 106 Å². The summed E-state index contributed by atoms with van der Waals surface area (Å²) >= 11 is 1.39. The zero-order valence-electron chi connectivity index (χ0n) is 16.9. The van der Waals surface area contributed by atoms with E-state index < -0.39 is 5.60 Å². The Morgan fingerprint density at radius 2 is 2.06 bits per heavy atom. The van der Waals surface area contributed by atoms with Gasteiger partial charge in [0.05, 0.1) is 18.4 Å². The Kier molecular flexibility index (Phi) is 4.85. The number of nitrogens with zero attached hydrogens (tertiary/aromatic N) is 3. The van der Waals surface area contributed by atoms with Gasteiger partial charge in [-0.15, -0.1) is 0 Å². The van der Waals surface area contributed by atoms with Gasteiger partial charge in [0, 0.05) is 37.7 Å². The number of thiazole rings is 1. The van der Waals surface area contributed by atoms with Gasteiger partial charge in [-0.3, -0.25) is 5.32 Å². The molecule has 0 saturated carbocycles. The first-order valence-electron chi connectivity index (χ1n) is 9.99. The van der Waals surface area contributed by atoms with Crippen molar-refractivity contribution in [2.75, 3.05) is 32.1 Å². The Labute approximate surface area is 182 Å². The average Bonchev–Trinajstić information content (AvgIpc) is 3.37. The number of amides is 3. The third kappa shape index (κ3) is 3.63. The van der Waals surface area contributed by atoms with Gasteiger partial charge in [0.15, 0.2) is 5.13 Å². The minimum Gasteiger partial charge on any atom is -0.479 e. The monoisotopic (exact) mass is 439 g/mol.